The van der Waals surface area contributed by atoms with E-state index >= 15 is 0 Å². The summed E-state index contributed by atoms with van der Waals surface area (Å²) in [5.74, 6) is -2.08. The van der Waals surface area contributed by atoms with Gasteiger partial charge in [-0.25, -0.2) is 8.78 Å². The van der Waals surface area contributed by atoms with Crippen LogP contribution in [0.2, 0.25) is 0 Å². The van der Waals surface area contributed by atoms with Crippen LogP contribution in [0, 0.1) is 17.6 Å². The molecule has 3 nitrogen and oxygen atoms in total. The summed E-state index contributed by atoms with van der Waals surface area (Å²) in [6.45, 7) is 4.29. The first kappa shape index (κ1) is 12.4. The van der Waals surface area contributed by atoms with Crippen LogP contribution in [0.25, 0.3) is 0 Å². The fraction of sp³-hybridized carbons (Fsp3) is 0.364. The number of benzene rings is 1. The number of halogens is 2. The van der Waals surface area contributed by atoms with Gasteiger partial charge in [-0.2, -0.15) is 0 Å². The van der Waals surface area contributed by atoms with Gasteiger partial charge in [0.2, 0.25) is 0 Å². The normalized spacial score (nSPS) is 10.6. The fourth-order valence-corrected chi connectivity index (χ4v) is 1.11. The largest absolute Gasteiger partial charge is 0.394 e. The first-order chi connectivity index (χ1) is 7.41. The molecule has 0 aliphatic rings. The Morgan fingerprint density at radius 1 is 1.38 bits per heavy atom. The molecule has 0 bridgehead atoms. The minimum atomic E-state index is -0.922. The number of hydrogen-bond acceptors (Lipinski definition) is 2. The van der Waals surface area contributed by atoms with E-state index in [1.165, 1.54) is 0 Å². The van der Waals surface area contributed by atoms with Gasteiger partial charge in [-0.3, -0.25) is 4.79 Å². The number of rotatable bonds is 3. The summed E-state index contributed by atoms with van der Waals surface area (Å²) in [7, 11) is 0. The third kappa shape index (κ3) is 2.92. The lowest BCUT2D eigenvalue weighted by molar-refractivity contribution is 0.0948. The topological polar surface area (TPSA) is 55.1 Å². The minimum absolute atomic E-state index is 0.0650. The second-order valence-corrected chi connectivity index (χ2v) is 3.96. The molecule has 5 heteroatoms. The van der Waals surface area contributed by atoms with Crippen LogP contribution >= 0.6 is 0 Å². The summed E-state index contributed by atoms with van der Waals surface area (Å²) < 4.78 is 26.1. The van der Waals surface area contributed by atoms with Gasteiger partial charge in [0, 0.05) is 12.1 Å². The van der Waals surface area contributed by atoms with Gasteiger partial charge in [0.05, 0.1) is 0 Å². The molecule has 0 saturated heterocycles. The molecule has 3 N–H and O–H groups in total. The summed E-state index contributed by atoms with van der Waals surface area (Å²) in [5.41, 5.74) is 4.46. The Balaban J connectivity index is 2.84. The van der Waals surface area contributed by atoms with Crippen LogP contribution in [0.4, 0.5) is 14.5 Å². The summed E-state index contributed by atoms with van der Waals surface area (Å²) in [6, 6.07) is 1.85. The molecule has 16 heavy (non-hydrogen) atoms. The number of carbonyl (C=O) groups is 1. The molecule has 0 fully saturated rings. The molecular formula is C11H14F2N2O. The summed E-state index contributed by atoms with van der Waals surface area (Å²) >= 11 is 0. The highest BCUT2D eigenvalue weighted by molar-refractivity contribution is 5.94. The first-order valence-corrected chi connectivity index (χ1v) is 4.94. The number of nitrogens with two attached hydrogens (primary N) is 1. The lowest BCUT2D eigenvalue weighted by Crippen LogP contribution is -2.27. The molecule has 0 aromatic heterocycles. The Bertz CT molecular complexity index is 382. The molecule has 0 saturated carbocycles. The molecule has 1 amide bonds. The fourth-order valence-electron chi connectivity index (χ4n) is 1.11. The van der Waals surface area contributed by atoms with Crippen molar-refractivity contribution in [1.29, 1.82) is 0 Å². The Morgan fingerprint density at radius 2 is 1.88 bits per heavy atom. The molecule has 0 atom stereocenters. The van der Waals surface area contributed by atoms with Crippen molar-refractivity contribution in [3.63, 3.8) is 0 Å². The number of nitrogens with one attached hydrogen (secondary N) is 1. The van der Waals surface area contributed by atoms with Crippen LogP contribution in [0.1, 0.15) is 24.2 Å². The monoisotopic (exact) mass is 228 g/mol. The highest BCUT2D eigenvalue weighted by atomic mass is 19.1. The van der Waals surface area contributed by atoms with E-state index in [0.29, 0.717) is 6.54 Å². The number of anilines is 1. The van der Waals surface area contributed by atoms with Gasteiger partial charge in [-0.1, -0.05) is 13.8 Å². The highest BCUT2D eigenvalue weighted by Gasteiger charge is 2.12. The predicted octanol–water partition coefficient (Wildman–Crippen LogP) is 1.93. The van der Waals surface area contributed by atoms with Gasteiger partial charge in [0.1, 0.15) is 17.3 Å². The molecule has 0 aliphatic carbocycles. The van der Waals surface area contributed by atoms with Crippen LogP contribution in [0.3, 0.4) is 0 Å². The van der Waals surface area contributed by atoms with E-state index < -0.39 is 23.2 Å². The van der Waals surface area contributed by atoms with Crippen LogP contribution in [0.15, 0.2) is 12.1 Å². The standard InChI is InChI=1S/C11H14F2N2O/c1-6(2)5-15-11(16)7-3-8(12)10(14)9(13)4-7/h3-4,6H,5,14H2,1-2H3,(H,15,16). The van der Waals surface area contributed by atoms with Crippen LogP contribution in [-0.2, 0) is 0 Å². The molecule has 0 spiro atoms. The maximum absolute atomic E-state index is 13.1. The van der Waals surface area contributed by atoms with Gasteiger partial charge in [-0.05, 0) is 18.1 Å². The maximum atomic E-state index is 13.1. The molecule has 1 aromatic carbocycles. The van der Waals surface area contributed by atoms with Crippen LogP contribution < -0.4 is 11.1 Å². The maximum Gasteiger partial charge on any atom is 0.251 e. The first-order valence-electron chi connectivity index (χ1n) is 4.94. The van der Waals surface area contributed by atoms with Gasteiger partial charge < -0.3 is 11.1 Å². The van der Waals surface area contributed by atoms with E-state index in [9.17, 15) is 13.6 Å². The van der Waals surface area contributed by atoms with Crippen molar-refractivity contribution < 1.29 is 13.6 Å². The second-order valence-electron chi connectivity index (χ2n) is 3.96. The third-order valence-corrected chi connectivity index (χ3v) is 2.01. The molecule has 0 heterocycles. The molecule has 88 valence electrons. The number of hydrogen-bond donors (Lipinski definition) is 2. The van der Waals surface area contributed by atoms with E-state index in [4.69, 9.17) is 5.73 Å². The van der Waals surface area contributed by atoms with E-state index in [1.54, 1.807) is 0 Å². The van der Waals surface area contributed by atoms with Crippen molar-refractivity contribution in [3.05, 3.63) is 29.3 Å². The number of amides is 1. The van der Waals surface area contributed by atoms with E-state index in [2.05, 4.69) is 5.32 Å². The third-order valence-electron chi connectivity index (χ3n) is 2.01. The molecule has 0 unspecified atom stereocenters. The quantitative estimate of drug-likeness (QED) is 0.777. The molecule has 0 radical (unpaired) electrons. The minimum Gasteiger partial charge on any atom is -0.394 e. The molecule has 0 aliphatic heterocycles. The van der Waals surface area contributed by atoms with Crippen molar-refractivity contribution in [2.75, 3.05) is 12.3 Å². The lowest BCUT2D eigenvalue weighted by Gasteiger charge is -2.08. The zero-order valence-electron chi connectivity index (χ0n) is 9.18. The lowest BCUT2D eigenvalue weighted by atomic mass is 10.1. The number of carbonyl (C=O) groups excluding carboxylic acids is 1. The average Bonchev–Trinajstić information content (AvgIpc) is 2.21. The van der Waals surface area contributed by atoms with Crippen LogP contribution in [0.5, 0.6) is 0 Å². The highest BCUT2D eigenvalue weighted by Crippen LogP contribution is 2.17. The zero-order chi connectivity index (χ0) is 12.3. The van der Waals surface area contributed by atoms with Crippen molar-refractivity contribution in [3.8, 4) is 0 Å². The van der Waals surface area contributed by atoms with Crippen LogP contribution in [-0.4, -0.2) is 12.5 Å². The number of nitrogen functional groups attached to an aromatic ring is 1. The summed E-state index contributed by atoms with van der Waals surface area (Å²) in [6.07, 6.45) is 0. The summed E-state index contributed by atoms with van der Waals surface area (Å²) in [5, 5.41) is 2.56. The van der Waals surface area contributed by atoms with Gasteiger partial charge in [-0.15, -0.1) is 0 Å². The van der Waals surface area contributed by atoms with E-state index in [0.717, 1.165) is 12.1 Å². The Labute approximate surface area is 92.6 Å². The van der Waals surface area contributed by atoms with E-state index in [-0.39, 0.29) is 11.5 Å². The zero-order valence-corrected chi connectivity index (χ0v) is 9.18. The Hall–Kier alpha value is -1.65. The van der Waals surface area contributed by atoms with E-state index in [1.807, 2.05) is 13.8 Å². The molecule has 1 rings (SSSR count). The van der Waals surface area contributed by atoms with Gasteiger partial charge in [0.25, 0.3) is 5.91 Å². The smallest absolute Gasteiger partial charge is 0.251 e. The van der Waals surface area contributed by atoms with Crippen molar-refractivity contribution in [1.82, 2.24) is 5.32 Å². The average molecular weight is 228 g/mol. The van der Waals surface area contributed by atoms with Crippen molar-refractivity contribution >= 4 is 11.6 Å². The van der Waals surface area contributed by atoms with Gasteiger partial charge >= 0.3 is 0 Å². The Kier molecular flexibility index (Phi) is 3.82. The van der Waals surface area contributed by atoms with Gasteiger partial charge in [0.15, 0.2) is 0 Å². The molecule has 1 aromatic rings. The Morgan fingerprint density at radius 3 is 2.31 bits per heavy atom. The second kappa shape index (κ2) is 4.92. The van der Waals surface area contributed by atoms with Crippen molar-refractivity contribution in [2.45, 2.75) is 13.8 Å². The summed E-state index contributed by atoms with van der Waals surface area (Å²) in [4.78, 5) is 11.5. The molecular weight excluding hydrogens is 214 g/mol. The SMILES string of the molecule is CC(C)CNC(=O)c1cc(F)c(N)c(F)c1. The predicted molar refractivity (Wildman–Crippen MR) is 57.9 cm³/mol. The van der Waals surface area contributed by atoms with Crippen molar-refractivity contribution in [2.24, 2.45) is 5.92 Å².